The monoisotopic (exact) mass is 325 g/mol. The number of nitrogens with zero attached hydrogens (tertiary/aromatic N) is 3. The average Bonchev–Trinajstić information content (AvgIpc) is 2.60. The van der Waals surface area contributed by atoms with Crippen LogP contribution in [-0.2, 0) is 6.54 Å². The summed E-state index contributed by atoms with van der Waals surface area (Å²) in [5.41, 5.74) is 2.16. The summed E-state index contributed by atoms with van der Waals surface area (Å²) in [4.78, 5) is 9.32. The second-order valence-electron chi connectivity index (χ2n) is 6.53. The van der Waals surface area contributed by atoms with Crippen LogP contribution in [0.15, 0.2) is 54.7 Å². The van der Waals surface area contributed by atoms with E-state index < -0.39 is 6.10 Å². The first-order valence-electron chi connectivity index (χ1n) is 8.89. The molecule has 1 aliphatic heterocycles. The molecule has 2 aromatic rings. The Morgan fingerprint density at radius 3 is 2.21 bits per heavy atom. The van der Waals surface area contributed by atoms with Crippen molar-refractivity contribution in [2.24, 2.45) is 0 Å². The molecule has 1 saturated heterocycles. The van der Waals surface area contributed by atoms with Crippen LogP contribution in [0.2, 0.25) is 0 Å². The highest BCUT2D eigenvalue weighted by atomic mass is 16.3. The molecule has 1 unspecified atom stereocenters. The molecule has 2 heterocycles. The molecule has 0 radical (unpaired) electrons. The zero-order chi connectivity index (χ0) is 16.6. The van der Waals surface area contributed by atoms with Gasteiger partial charge in [0.2, 0.25) is 0 Å². The zero-order valence-corrected chi connectivity index (χ0v) is 14.2. The van der Waals surface area contributed by atoms with Crippen LogP contribution in [-0.4, -0.2) is 52.6 Å². The highest BCUT2D eigenvalue weighted by molar-refractivity contribution is 5.17. The van der Waals surface area contributed by atoms with Crippen molar-refractivity contribution in [1.29, 1.82) is 0 Å². The summed E-state index contributed by atoms with van der Waals surface area (Å²) in [5, 5.41) is 10.4. The number of aliphatic hydroxyl groups excluding tert-OH is 1. The van der Waals surface area contributed by atoms with Crippen LogP contribution in [0.4, 0.5) is 0 Å². The first-order valence-corrected chi connectivity index (χ1v) is 8.89. The highest BCUT2D eigenvalue weighted by Gasteiger charge is 2.17. The molecule has 0 amide bonds. The van der Waals surface area contributed by atoms with Gasteiger partial charge in [-0.3, -0.25) is 9.88 Å². The van der Waals surface area contributed by atoms with Gasteiger partial charge in [-0.15, -0.1) is 0 Å². The summed E-state index contributed by atoms with van der Waals surface area (Å²) in [6.07, 6.45) is 3.74. The Labute approximate surface area is 144 Å². The normalized spacial score (nSPS) is 18.7. The predicted molar refractivity (Wildman–Crippen MR) is 96.6 cm³/mol. The average molecular weight is 325 g/mol. The van der Waals surface area contributed by atoms with E-state index in [4.69, 9.17) is 0 Å². The van der Waals surface area contributed by atoms with Crippen LogP contribution in [0, 0.1) is 0 Å². The Morgan fingerprint density at radius 1 is 0.875 bits per heavy atom. The number of β-amino-alcohol motifs (C(OH)–C–C–N with tert-alkyl or cyclic N) is 1. The van der Waals surface area contributed by atoms with Crippen LogP contribution < -0.4 is 0 Å². The minimum absolute atomic E-state index is 0.393. The minimum Gasteiger partial charge on any atom is -0.387 e. The van der Waals surface area contributed by atoms with Crippen LogP contribution in [0.25, 0.3) is 0 Å². The molecule has 1 atom stereocenters. The zero-order valence-electron chi connectivity index (χ0n) is 14.2. The molecule has 0 bridgehead atoms. The lowest BCUT2D eigenvalue weighted by Crippen LogP contribution is -2.38. The van der Waals surface area contributed by atoms with Crippen molar-refractivity contribution < 1.29 is 5.11 Å². The standard InChI is InChI=1S/C20H27N3O/c24-20(18-8-2-1-3-9-18)17-23-14-6-12-22(13-7-15-23)16-19-10-4-5-11-21-19/h1-5,8-11,20,24H,6-7,12-17H2. The van der Waals surface area contributed by atoms with E-state index in [-0.39, 0.29) is 0 Å². The van der Waals surface area contributed by atoms with E-state index in [1.807, 2.05) is 42.6 Å². The van der Waals surface area contributed by atoms with Gasteiger partial charge in [-0.05, 0) is 56.7 Å². The summed E-state index contributed by atoms with van der Waals surface area (Å²) >= 11 is 0. The smallest absolute Gasteiger partial charge is 0.0916 e. The summed E-state index contributed by atoms with van der Waals surface area (Å²) in [7, 11) is 0. The quantitative estimate of drug-likeness (QED) is 0.917. The SMILES string of the molecule is OC(CN1CCCN(Cc2ccccn2)CCC1)c1ccccc1. The van der Waals surface area contributed by atoms with Gasteiger partial charge in [-0.25, -0.2) is 0 Å². The third kappa shape index (κ3) is 5.13. The fourth-order valence-corrected chi connectivity index (χ4v) is 3.35. The van der Waals surface area contributed by atoms with E-state index in [1.165, 1.54) is 0 Å². The minimum atomic E-state index is -0.393. The van der Waals surface area contributed by atoms with Gasteiger partial charge in [-0.2, -0.15) is 0 Å². The van der Waals surface area contributed by atoms with Crippen LogP contribution in [0.3, 0.4) is 0 Å². The summed E-state index contributed by atoms with van der Waals surface area (Å²) in [5.74, 6) is 0. The second-order valence-corrected chi connectivity index (χ2v) is 6.53. The number of benzene rings is 1. The van der Waals surface area contributed by atoms with Crippen molar-refractivity contribution in [1.82, 2.24) is 14.8 Å². The highest BCUT2D eigenvalue weighted by Crippen LogP contribution is 2.15. The van der Waals surface area contributed by atoms with Crippen LogP contribution in [0.1, 0.15) is 30.2 Å². The topological polar surface area (TPSA) is 39.6 Å². The molecule has 1 aliphatic rings. The molecule has 0 saturated carbocycles. The van der Waals surface area contributed by atoms with Gasteiger partial charge >= 0.3 is 0 Å². The van der Waals surface area contributed by atoms with E-state index >= 15 is 0 Å². The molecule has 4 nitrogen and oxygen atoms in total. The fraction of sp³-hybridized carbons (Fsp3) is 0.450. The molecule has 24 heavy (non-hydrogen) atoms. The van der Waals surface area contributed by atoms with E-state index in [0.717, 1.165) is 63.4 Å². The van der Waals surface area contributed by atoms with Gasteiger partial charge in [-0.1, -0.05) is 36.4 Å². The summed E-state index contributed by atoms with van der Waals surface area (Å²) < 4.78 is 0. The van der Waals surface area contributed by atoms with Crippen molar-refractivity contribution in [2.45, 2.75) is 25.5 Å². The molecular formula is C20H27N3O. The molecule has 1 aromatic heterocycles. The third-order valence-corrected chi connectivity index (χ3v) is 4.62. The van der Waals surface area contributed by atoms with Crippen molar-refractivity contribution >= 4 is 0 Å². The molecular weight excluding hydrogens is 298 g/mol. The maximum Gasteiger partial charge on any atom is 0.0916 e. The Morgan fingerprint density at radius 2 is 1.54 bits per heavy atom. The van der Waals surface area contributed by atoms with Crippen molar-refractivity contribution in [3.05, 3.63) is 66.0 Å². The number of hydrogen-bond donors (Lipinski definition) is 1. The van der Waals surface area contributed by atoms with Gasteiger partial charge in [0.15, 0.2) is 0 Å². The number of pyridine rings is 1. The number of rotatable bonds is 5. The lowest BCUT2D eigenvalue weighted by molar-refractivity contribution is 0.0967. The second kappa shape index (κ2) is 8.92. The van der Waals surface area contributed by atoms with E-state index in [1.54, 1.807) is 0 Å². The third-order valence-electron chi connectivity index (χ3n) is 4.62. The molecule has 4 heteroatoms. The van der Waals surface area contributed by atoms with Crippen LogP contribution >= 0.6 is 0 Å². The van der Waals surface area contributed by atoms with E-state index in [0.29, 0.717) is 0 Å². The van der Waals surface area contributed by atoms with E-state index in [9.17, 15) is 5.11 Å². The molecule has 0 aliphatic carbocycles. The predicted octanol–water partition coefficient (Wildman–Crippen LogP) is 2.71. The Bertz CT molecular complexity index is 580. The Hall–Kier alpha value is -1.75. The maximum atomic E-state index is 10.4. The molecule has 1 aromatic carbocycles. The van der Waals surface area contributed by atoms with Crippen LogP contribution in [0.5, 0.6) is 0 Å². The fourth-order valence-electron chi connectivity index (χ4n) is 3.35. The molecule has 1 N–H and O–H groups in total. The van der Waals surface area contributed by atoms with Gasteiger partial charge < -0.3 is 10.0 Å². The molecule has 128 valence electrons. The molecule has 1 fully saturated rings. The molecule has 0 spiro atoms. The number of aliphatic hydroxyl groups is 1. The van der Waals surface area contributed by atoms with Gasteiger partial charge in [0, 0.05) is 19.3 Å². The lowest BCUT2D eigenvalue weighted by atomic mass is 10.1. The van der Waals surface area contributed by atoms with Gasteiger partial charge in [0.05, 0.1) is 11.8 Å². The number of hydrogen-bond acceptors (Lipinski definition) is 4. The first-order chi connectivity index (χ1) is 11.8. The summed E-state index contributed by atoms with van der Waals surface area (Å²) in [6.45, 7) is 5.94. The Balaban J connectivity index is 1.46. The summed E-state index contributed by atoms with van der Waals surface area (Å²) in [6, 6.07) is 16.1. The van der Waals surface area contributed by atoms with Crippen molar-refractivity contribution in [3.8, 4) is 0 Å². The first kappa shape index (κ1) is 17.1. The van der Waals surface area contributed by atoms with Crippen molar-refractivity contribution in [2.75, 3.05) is 32.7 Å². The molecule has 3 rings (SSSR count). The van der Waals surface area contributed by atoms with Gasteiger partial charge in [0.1, 0.15) is 0 Å². The largest absolute Gasteiger partial charge is 0.387 e. The number of aromatic nitrogens is 1. The van der Waals surface area contributed by atoms with Gasteiger partial charge in [0.25, 0.3) is 0 Å². The maximum absolute atomic E-state index is 10.4. The Kier molecular flexibility index (Phi) is 6.35. The van der Waals surface area contributed by atoms with E-state index in [2.05, 4.69) is 26.9 Å². The lowest BCUT2D eigenvalue weighted by Gasteiger charge is -2.31. The van der Waals surface area contributed by atoms with Crippen molar-refractivity contribution in [3.63, 3.8) is 0 Å².